The van der Waals surface area contributed by atoms with Crippen LogP contribution in [0.2, 0.25) is 5.02 Å². The van der Waals surface area contributed by atoms with E-state index in [1.807, 2.05) is 13.0 Å². The third-order valence-electron chi connectivity index (χ3n) is 3.47. The Kier molecular flexibility index (Phi) is 6.13. The first-order valence-corrected chi connectivity index (χ1v) is 8.30. The van der Waals surface area contributed by atoms with Crippen LogP contribution in [0, 0.1) is 12.7 Å². The molecule has 0 atom stereocenters. The zero-order chi connectivity index (χ0) is 17.9. The fraction of sp³-hybridized carbons (Fsp3) is 0.167. The maximum Gasteiger partial charge on any atom is 0.156 e. The van der Waals surface area contributed by atoms with Crippen molar-refractivity contribution in [3.05, 3.63) is 61.8 Å². The molecule has 2 aromatic carbocycles. The van der Waals surface area contributed by atoms with Crippen LogP contribution in [0.5, 0.6) is 5.75 Å². The van der Waals surface area contributed by atoms with Crippen LogP contribution in [-0.2, 0) is 0 Å². The van der Waals surface area contributed by atoms with E-state index in [-0.39, 0.29) is 23.5 Å². The van der Waals surface area contributed by atoms with E-state index in [4.69, 9.17) is 16.3 Å². The Balaban J connectivity index is 2.60. The van der Waals surface area contributed by atoms with Gasteiger partial charge in [-0.2, -0.15) is 0 Å². The Bertz CT molecular complexity index is 819. The number of aldehydes is 1. The monoisotopic (exact) mass is 414 g/mol. The molecule has 0 unspecified atom stereocenters. The Morgan fingerprint density at radius 2 is 2.12 bits per heavy atom. The highest BCUT2D eigenvalue weighted by Crippen LogP contribution is 2.36. The Morgan fingerprint density at radius 1 is 1.42 bits per heavy atom. The highest BCUT2D eigenvalue weighted by Gasteiger charge is 2.20. The predicted molar refractivity (Wildman–Crippen MR) is 95.8 cm³/mol. The van der Waals surface area contributed by atoms with Gasteiger partial charge in [-0.3, -0.25) is 4.79 Å². The van der Waals surface area contributed by atoms with Gasteiger partial charge >= 0.3 is 0 Å². The molecule has 0 aliphatic carbocycles. The number of carbonyl (C=O) groups excluding carboxylic acids is 1. The van der Waals surface area contributed by atoms with Crippen molar-refractivity contribution in [2.45, 2.75) is 13.8 Å². The van der Waals surface area contributed by atoms with Gasteiger partial charge in [-0.05, 0) is 43.2 Å². The standard InChI is InChI=1S/C18H14BrClF2O2/c1-3-24-16-8-12(17(20)18(22)13(16)9-23)15(21)7-11-5-4-6-14(19)10(11)2/h4-9H,3H2,1-2H3/b15-7-. The average molecular weight is 416 g/mol. The van der Waals surface area contributed by atoms with Crippen LogP contribution in [0.25, 0.3) is 11.9 Å². The number of halogens is 4. The van der Waals surface area contributed by atoms with E-state index in [0.717, 1.165) is 10.0 Å². The summed E-state index contributed by atoms with van der Waals surface area (Å²) >= 11 is 9.27. The van der Waals surface area contributed by atoms with Crippen molar-refractivity contribution in [2.75, 3.05) is 6.61 Å². The summed E-state index contributed by atoms with van der Waals surface area (Å²) in [5.74, 6) is -1.76. The smallest absolute Gasteiger partial charge is 0.156 e. The zero-order valence-corrected chi connectivity index (χ0v) is 15.3. The van der Waals surface area contributed by atoms with Crippen LogP contribution in [0.3, 0.4) is 0 Å². The topological polar surface area (TPSA) is 26.3 Å². The third kappa shape index (κ3) is 3.68. The number of rotatable bonds is 5. The number of ether oxygens (including phenoxy) is 1. The molecule has 24 heavy (non-hydrogen) atoms. The second-order valence-electron chi connectivity index (χ2n) is 4.96. The number of hydrogen-bond acceptors (Lipinski definition) is 2. The van der Waals surface area contributed by atoms with E-state index in [2.05, 4.69) is 15.9 Å². The molecular weight excluding hydrogens is 402 g/mol. The molecule has 0 fully saturated rings. The molecule has 126 valence electrons. The summed E-state index contributed by atoms with van der Waals surface area (Å²) in [6.45, 7) is 3.71. The van der Waals surface area contributed by atoms with Gasteiger partial charge in [-0.15, -0.1) is 0 Å². The molecule has 2 nitrogen and oxygen atoms in total. The lowest BCUT2D eigenvalue weighted by Crippen LogP contribution is -2.01. The van der Waals surface area contributed by atoms with Crippen molar-refractivity contribution in [1.29, 1.82) is 0 Å². The molecule has 0 N–H and O–H groups in total. The Hall–Kier alpha value is -1.72. The van der Waals surface area contributed by atoms with Crippen LogP contribution in [0.15, 0.2) is 28.7 Å². The lowest BCUT2D eigenvalue weighted by atomic mass is 10.0. The molecule has 0 amide bonds. The molecule has 0 aromatic heterocycles. The van der Waals surface area contributed by atoms with Gasteiger partial charge < -0.3 is 4.74 Å². The highest BCUT2D eigenvalue weighted by molar-refractivity contribution is 9.10. The molecule has 0 spiro atoms. The quantitative estimate of drug-likeness (QED) is 0.427. The molecule has 0 aliphatic rings. The largest absolute Gasteiger partial charge is 0.493 e. The van der Waals surface area contributed by atoms with Crippen LogP contribution in [0.4, 0.5) is 8.78 Å². The molecule has 0 radical (unpaired) electrons. The lowest BCUT2D eigenvalue weighted by molar-refractivity contribution is 0.111. The van der Waals surface area contributed by atoms with Crippen LogP contribution < -0.4 is 4.74 Å². The summed E-state index contributed by atoms with van der Waals surface area (Å²) < 4.78 is 35.0. The van der Waals surface area contributed by atoms with Crippen molar-refractivity contribution >= 4 is 45.7 Å². The number of carbonyl (C=O) groups is 1. The molecule has 0 heterocycles. The molecule has 2 rings (SSSR count). The van der Waals surface area contributed by atoms with E-state index in [1.54, 1.807) is 19.1 Å². The minimum atomic E-state index is -0.998. The first kappa shape index (κ1) is 18.6. The van der Waals surface area contributed by atoms with Crippen molar-refractivity contribution < 1.29 is 18.3 Å². The summed E-state index contributed by atoms with van der Waals surface area (Å²) in [6, 6.07) is 6.56. The molecule has 6 heteroatoms. The van der Waals surface area contributed by atoms with Gasteiger partial charge in [0.05, 0.1) is 17.2 Å². The zero-order valence-electron chi connectivity index (χ0n) is 13.0. The van der Waals surface area contributed by atoms with Crippen molar-refractivity contribution in [2.24, 2.45) is 0 Å². The maximum absolute atomic E-state index is 14.7. The molecule has 0 saturated carbocycles. The second-order valence-corrected chi connectivity index (χ2v) is 6.19. The van der Waals surface area contributed by atoms with Gasteiger partial charge in [-0.25, -0.2) is 8.78 Å². The van der Waals surface area contributed by atoms with Gasteiger partial charge in [-0.1, -0.05) is 39.7 Å². The first-order valence-electron chi connectivity index (χ1n) is 7.13. The van der Waals surface area contributed by atoms with Crippen molar-refractivity contribution in [3.8, 4) is 5.75 Å². The number of hydrogen-bond donors (Lipinski definition) is 0. The molecule has 0 aliphatic heterocycles. The summed E-state index contributed by atoms with van der Waals surface area (Å²) in [6.07, 6.45) is 1.56. The van der Waals surface area contributed by atoms with E-state index in [0.29, 0.717) is 11.8 Å². The molecular formula is C18H14BrClF2O2. The van der Waals surface area contributed by atoms with Gasteiger partial charge in [0.25, 0.3) is 0 Å². The van der Waals surface area contributed by atoms with E-state index < -0.39 is 16.7 Å². The second kappa shape index (κ2) is 7.90. The summed E-state index contributed by atoms with van der Waals surface area (Å²) in [5.41, 5.74) is 0.967. The van der Waals surface area contributed by atoms with Crippen molar-refractivity contribution in [1.82, 2.24) is 0 Å². The van der Waals surface area contributed by atoms with Crippen LogP contribution in [0.1, 0.15) is 34.0 Å². The van der Waals surface area contributed by atoms with Gasteiger partial charge in [0, 0.05) is 10.0 Å². The number of benzene rings is 2. The minimum Gasteiger partial charge on any atom is -0.493 e. The van der Waals surface area contributed by atoms with Gasteiger partial charge in [0.2, 0.25) is 0 Å². The summed E-state index contributed by atoms with van der Waals surface area (Å²) in [4.78, 5) is 11.0. The van der Waals surface area contributed by atoms with Crippen LogP contribution in [-0.4, -0.2) is 12.9 Å². The average Bonchev–Trinajstić information content (AvgIpc) is 2.55. The maximum atomic E-state index is 14.7. The highest BCUT2D eigenvalue weighted by atomic mass is 79.9. The Labute approximate surface area is 152 Å². The van der Waals surface area contributed by atoms with Crippen molar-refractivity contribution in [3.63, 3.8) is 0 Å². The minimum absolute atomic E-state index is 0.0427. The van der Waals surface area contributed by atoms with Gasteiger partial charge in [0.15, 0.2) is 12.1 Å². The normalized spacial score (nSPS) is 11.5. The lowest BCUT2D eigenvalue weighted by Gasteiger charge is -2.12. The predicted octanol–water partition coefficient (Wildman–Crippen LogP) is 6.23. The fourth-order valence-electron chi connectivity index (χ4n) is 2.17. The SMILES string of the molecule is CCOc1cc(/C(F)=C/c2cccc(Br)c2C)c(Cl)c(F)c1C=O. The third-order valence-corrected chi connectivity index (χ3v) is 4.70. The fourth-order valence-corrected chi connectivity index (χ4v) is 2.80. The van der Waals surface area contributed by atoms with E-state index >= 15 is 0 Å². The Morgan fingerprint density at radius 3 is 2.75 bits per heavy atom. The summed E-state index contributed by atoms with van der Waals surface area (Å²) in [5, 5.41) is -0.457. The van der Waals surface area contributed by atoms with Gasteiger partial charge in [0.1, 0.15) is 11.6 Å². The summed E-state index contributed by atoms with van der Waals surface area (Å²) in [7, 11) is 0. The van der Waals surface area contributed by atoms with E-state index in [1.165, 1.54) is 12.1 Å². The van der Waals surface area contributed by atoms with E-state index in [9.17, 15) is 13.6 Å². The molecule has 2 aromatic rings. The first-order chi connectivity index (χ1) is 11.4. The molecule has 0 saturated heterocycles. The molecule has 0 bridgehead atoms. The van der Waals surface area contributed by atoms with Crippen LogP contribution >= 0.6 is 27.5 Å².